The van der Waals surface area contributed by atoms with Crippen molar-refractivity contribution in [2.45, 2.75) is 91.0 Å². The van der Waals surface area contributed by atoms with E-state index in [1.165, 1.54) is 70.8 Å². The van der Waals surface area contributed by atoms with Crippen LogP contribution < -0.4 is 5.32 Å². The zero-order chi connectivity index (χ0) is 13.2. The second-order valence-electron chi connectivity index (χ2n) is 6.37. The summed E-state index contributed by atoms with van der Waals surface area (Å²) in [6, 6.07) is 0.735. The molecular weight excluding hydrogens is 218 g/mol. The Kier molecular flexibility index (Phi) is 8.75. The molecule has 0 aromatic carbocycles. The number of nitrogens with one attached hydrogen (secondary N) is 1. The van der Waals surface area contributed by atoms with Gasteiger partial charge in [0.05, 0.1) is 0 Å². The van der Waals surface area contributed by atoms with E-state index in [0.29, 0.717) is 0 Å². The first-order valence-electron chi connectivity index (χ1n) is 8.51. The van der Waals surface area contributed by atoms with E-state index in [1.54, 1.807) is 0 Å². The minimum absolute atomic E-state index is 0.735. The van der Waals surface area contributed by atoms with Gasteiger partial charge >= 0.3 is 0 Å². The maximum Gasteiger partial charge on any atom is 0.00671 e. The fourth-order valence-corrected chi connectivity index (χ4v) is 3.27. The van der Waals surface area contributed by atoms with Gasteiger partial charge in [0.1, 0.15) is 0 Å². The Balaban J connectivity index is 2.22. The summed E-state index contributed by atoms with van der Waals surface area (Å²) < 4.78 is 0. The third-order valence-electron chi connectivity index (χ3n) is 4.88. The molecule has 18 heavy (non-hydrogen) atoms. The van der Waals surface area contributed by atoms with Crippen molar-refractivity contribution in [1.82, 2.24) is 5.32 Å². The highest BCUT2D eigenvalue weighted by Gasteiger charge is 2.19. The van der Waals surface area contributed by atoms with Crippen LogP contribution in [-0.4, -0.2) is 12.6 Å². The van der Waals surface area contributed by atoms with E-state index >= 15 is 0 Å². The van der Waals surface area contributed by atoms with Crippen molar-refractivity contribution in [3.8, 4) is 0 Å². The molecule has 0 saturated heterocycles. The Morgan fingerprint density at radius 1 is 1.06 bits per heavy atom. The van der Waals surface area contributed by atoms with E-state index in [9.17, 15) is 0 Å². The van der Waals surface area contributed by atoms with Gasteiger partial charge in [0.2, 0.25) is 0 Å². The summed E-state index contributed by atoms with van der Waals surface area (Å²) in [6.45, 7) is 8.31. The van der Waals surface area contributed by atoms with E-state index in [0.717, 1.165) is 17.9 Å². The Morgan fingerprint density at radius 2 is 1.72 bits per heavy atom. The third kappa shape index (κ3) is 6.22. The molecule has 1 heteroatoms. The van der Waals surface area contributed by atoms with Crippen LogP contribution in [0, 0.1) is 11.8 Å². The highest BCUT2D eigenvalue weighted by molar-refractivity contribution is 4.76. The fourth-order valence-electron chi connectivity index (χ4n) is 3.27. The molecule has 0 bridgehead atoms. The molecular formula is C17H35N. The molecule has 0 aromatic rings. The van der Waals surface area contributed by atoms with Gasteiger partial charge in [-0.25, -0.2) is 0 Å². The average Bonchev–Trinajstić information content (AvgIpc) is 2.67. The first-order valence-corrected chi connectivity index (χ1v) is 8.51. The molecule has 0 heterocycles. The van der Waals surface area contributed by atoms with Gasteiger partial charge in [-0.05, 0) is 44.6 Å². The molecule has 1 fully saturated rings. The van der Waals surface area contributed by atoms with Gasteiger partial charge in [-0.3, -0.25) is 0 Å². The molecule has 0 aromatic heterocycles. The summed E-state index contributed by atoms with van der Waals surface area (Å²) in [7, 11) is 0. The molecule has 1 rings (SSSR count). The Labute approximate surface area is 115 Å². The minimum Gasteiger partial charge on any atom is -0.314 e. The smallest absolute Gasteiger partial charge is 0.00671 e. The van der Waals surface area contributed by atoms with Crippen molar-refractivity contribution >= 4 is 0 Å². The summed E-state index contributed by atoms with van der Waals surface area (Å²) in [5, 5.41) is 3.84. The standard InChI is InChI=1S/C17H35N/c1-4-6-11-16(5-2)14-18-15(3)17-12-9-7-8-10-13-17/h15-18H,4-14H2,1-3H3/t15-,16?/m0/s1. The van der Waals surface area contributed by atoms with Gasteiger partial charge in [-0.2, -0.15) is 0 Å². The van der Waals surface area contributed by atoms with Gasteiger partial charge in [0.25, 0.3) is 0 Å². The summed E-state index contributed by atoms with van der Waals surface area (Å²) in [5.74, 6) is 1.84. The minimum atomic E-state index is 0.735. The maximum atomic E-state index is 3.84. The predicted molar refractivity (Wildman–Crippen MR) is 82.0 cm³/mol. The van der Waals surface area contributed by atoms with Crippen molar-refractivity contribution in [2.24, 2.45) is 11.8 Å². The van der Waals surface area contributed by atoms with Crippen molar-refractivity contribution in [3.63, 3.8) is 0 Å². The lowest BCUT2D eigenvalue weighted by molar-refractivity contribution is 0.308. The molecule has 1 aliphatic carbocycles. The molecule has 108 valence electrons. The molecule has 1 unspecified atom stereocenters. The van der Waals surface area contributed by atoms with Gasteiger partial charge in [-0.1, -0.05) is 58.8 Å². The van der Waals surface area contributed by atoms with Crippen LogP contribution >= 0.6 is 0 Å². The molecule has 1 nitrogen and oxygen atoms in total. The zero-order valence-electron chi connectivity index (χ0n) is 13.0. The molecule has 0 radical (unpaired) electrons. The van der Waals surface area contributed by atoms with Crippen LogP contribution in [0.2, 0.25) is 0 Å². The van der Waals surface area contributed by atoms with Gasteiger partial charge in [0, 0.05) is 6.04 Å². The Hall–Kier alpha value is -0.0400. The number of rotatable bonds is 8. The van der Waals surface area contributed by atoms with Crippen LogP contribution in [-0.2, 0) is 0 Å². The van der Waals surface area contributed by atoms with Crippen molar-refractivity contribution in [1.29, 1.82) is 0 Å². The normalized spacial score (nSPS) is 21.5. The summed E-state index contributed by atoms with van der Waals surface area (Å²) in [6.07, 6.45) is 14.3. The third-order valence-corrected chi connectivity index (χ3v) is 4.88. The molecule has 2 atom stereocenters. The van der Waals surface area contributed by atoms with E-state index in [4.69, 9.17) is 0 Å². The number of hydrogen-bond donors (Lipinski definition) is 1. The zero-order valence-corrected chi connectivity index (χ0v) is 13.0. The van der Waals surface area contributed by atoms with E-state index in [-0.39, 0.29) is 0 Å². The lowest BCUT2D eigenvalue weighted by atomic mass is 9.92. The van der Waals surface area contributed by atoms with Crippen LogP contribution in [0.1, 0.15) is 85.0 Å². The number of hydrogen-bond acceptors (Lipinski definition) is 1. The van der Waals surface area contributed by atoms with Crippen LogP contribution in [0.4, 0.5) is 0 Å². The molecule has 1 saturated carbocycles. The molecule has 0 aliphatic heterocycles. The van der Waals surface area contributed by atoms with Crippen LogP contribution in [0.3, 0.4) is 0 Å². The van der Waals surface area contributed by atoms with Crippen LogP contribution in [0.15, 0.2) is 0 Å². The first kappa shape index (κ1) is 16.0. The van der Waals surface area contributed by atoms with Gasteiger partial charge in [0.15, 0.2) is 0 Å². The van der Waals surface area contributed by atoms with E-state index in [2.05, 4.69) is 26.1 Å². The second-order valence-corrected chi connectivity index (χ2v) is 6.37. The Morgan fingerprint density at radius 3 is 2.28 bits per heavy atom. The van der Waals surface area contributed by atoms with E-state index in [1.807, 2.05) is 0 Å². The van der Waals surface area contributed by atoms with Crippen LogP contribution in [0.5, 0.6) is 0 Å². The lowest BCUT2D eigenvalue weighted by Crippen LogP contribution is -2.36. The van der Waals surface area contributed by atoms with Gasteiger partial charge < -0.3 is 5.32 Å². The topological polar surface area (TPSA) is 12.0 Å². The fraction of sp³-hybridized carbons (Fsp3) is 1.00. The molecule has 1 aliphatic rings. The first-order chi connectivity index (χ1) is 8.77. The average molecular weight is 253 g/mol. The van der Waals surface area contributed by atoms with Gasteiger partial charge in [-0.15, -0.1) is 0 Å². The van der Waals surface area contributed by atoms with Crippen molar-refractivity contribution in [3.05, 3.63) is 0 Å². The summed E-state index contributed by atoms with van der Waals surface area (Å²) in [4.78, 5) is 0. The monoisotopic (exact) mass is 253 g/mol. The van der Waals surface area contributed by atoms with Crippen molar-refractivity contribution in [2.75, 3.05) is 6.54 Å². The van der Waals surface area contributed by atoms with Crippen LogP contribution in [0.25, 0.3) is 0 Å². The highest BCUT2D eigenvalue weighted by Crippen LogP contribution is 2.25. The largest absolute Gasteiger partial charge is 0.314 e. The summed E-state index contributed by atoms with van der Waals surface area (Å²) in [5.41, 5.74) is 0. The molecule has 1 N–H and O–H groups in total. The highest BCUT2D eigenvalue weighted by atomic mass is 14.9. The number of unbranched alkanes of at least 4 members (excludes halogenated alkanes) is 1. The Bertz CT molecular complexity index is 182. The quantitative estimate of drug-likeness (QED) is 0.590. The molecule has 0 amide bonds. The molecule has 0 spiro atoms. The maximum absolute atomic E-state index is 3.84. The lowest BCUT2D eigenvalue weighted by Gasteiger charge is -2.26. The van der Waals surface area contributed by atoms with Crippen molar-refractivity contribution < 1.29 is 0 Å². The van der Waals surface area contributed by atoms with E-state index < -0.39 is 0 Å². The SMILES string of the molecule is CCCCC(CC)CN[C@@H](C)C1CCCCCC1. The predicted octanol–water partition coefficient (Wildman–Crippen LogP) is 5.15. The second kappa shape index (κ2) is 9.83. The summed E-state index contributed by atoms with van der Waals surface area (Å²) >= 11 is 0.